The monoisotopic (exact) mass is 920 g/mol. The topological polar surface area (TPSA) is 21.3 Å². The summed E-state index contributed by atoms with van der Waals surface area (Å²) in [7, 11) is 0. The number of para-hydroxylation sites is 5. The fraction of sp³-hybridized carbons (Fsp3) is 0.0435. The van der Waals surface area contributed by atoms with Crippen LogP contribution in [0.3, 0.4) is 0 Å². The number of rotatable bonds is 8. The van der Waals surface area contributed by atoms with Crippen LogP contribution in [0, 0.1) is 0 Å². The Bertz CT molecular complexity index is 4230. The van der Waals surface area contributed by atoms with Crippen molar-refractivity contribution in [2.24, 2.45) is 0 Å². The molecule has 3 heteroatoms. The minimum Gasteiger partial charge on any atom is -0.455 e. The fourth-order valence-electron chi connectivity index (χ4n) is 11.8. The van der Waals surface area contributed by atoms with E-state index < -0.39 is 0 Å². The molecule has 3 nitrogen and oxygen atoms in total. The maximum Gasteiger partial charge on any atom is 0.143 e. The summed E-state index contributed by atoms with van der Waals surface area (Å²) in [5.41, 5.74) is 23.0. The van der Waals surface area contributed by atoms with Gasteiger partial charge in [-0.15, -0.1) is 0 Å². The SMILES string of the molecule is CC1(C)c2ccc(-c3ccccc3N(c3ccc(-c4ccccc4)cc3)c3cccc(-c4cccc5c4oc4ccccc45)c3)cc2-c2ccc(-c3cccc4c3c3ccccc3n4-c3ccccc3)cc21. The van der Waals surface area contributed by atoms with Crippen molar-refractivity contribution < 1.29 is 4.42 Å². The summed E-state index contributed by atoms with van der Waals surface area (Å²) in [5, 5.41) is 4.78. The van der Waals surface area contributed by atoms with E-state index in [0.29, 0.717) is 0 Å². The molecule has 2 aromatic heterocycles. The van der Waals surface area contributed by atoms with E-state index in [-0.39, 0.29) is 5.41 Å². The third-order valence-electron chi connectivity index (χ3n) is 15.2. The van der Waals surface area contributed by atoms with E-state index >= 15 is 0 Å². The normalized spacial score (nSPS) is 12.7. The maximum atomic E-state index is 6.58. The van der Waals surface area contributed by atoms with Crippen molar-refractivity contribution in [3.05, 3.63) is 266 Å². The van der Waals surface area contributed by atoms with Crippen molar-refractivity contribution in [1.82, 2.24) is 4.57 Å². The number of furan rings is 1. The second-order valence-electron chi connectivity index (χ2n) is 19.6. The number of anilines is 3. The van der Waals surface area contributed by atoms with Crippen molar-refractivity contribution in [1.29, 1.82) is 0 Å². The Balaban J connectivity index is 0.894. The summed E-state index contributed by atoms with van der Waals surface area (Å²) in [6.45, 7) is 4.77. The molecular weight excluding hydrogens is 873 g/mol. The molecule has 0 amide bonds. The minimum absolute atomic E-state index is 0.208. The van der Waals surface area contributed by atoms with Crippen LogP contribution in [0.5, 0.6) is 0 Å². The molecule has 0 saturated heterocycles. The van der Waals surface area contributed by atoms with Crippen LogP contribution in [0.2, 0.25) is 0 Å². The molecule has 1 aliphatic rings. The van der Waals surface area contributed by atoms with Crippen LogP contribution in [-0.2, 0) is 5.41 Å². The van der Waals surface area contributed by atoms with Gasteiger partial charge in [0, 0.05) is 55.1 Å². The smallest absolute Gasteiger partial charge is 0.143 e. The van der Waals surface area contributed by atoms with Gasteiger partial charge in [-0.3, -0.25) is 0 Å². The number of hydrogen-bond acceptors (Lipinski definition) is 2. The average Bonchev–Trinajstić information content (AvgIpc) is 4.07. The second-order valence-corrected chi connectivity index (χ2v) is 19.6. The van der Waals surface area contributed by atoms with Gasteiger partial charge in [-0.05, 0) is 128 Å². The van der Waals surface area contributed by atoms with Crippen LogP contribution in [0.25, 0.3) is 105 Å². The van der Waals surface area contributed by atoms with Crippen molar-refractivity contribution >= 4 is 60.8 Å². The van der Waals surface area contributed by atoms with Gasteiger partial charge in [0.05, 0.1) is 16.7 Å². The molecule has 0 fully saturated rings. The first-order chi connectivity index (χ1) is 35.5. The standard InChI is InChI=1S/C69H48N2O/c1-69(2)61-41-37-48(43-60(61)56-40-36-49(44-62(56)69)54-27-17-32-65-67(54)59-26-10-13-31-64(59)71(65)50-21-7-4-8-22-50)53-24-9-12-30-63(53)70(51-38-34-46(35-39-51)45-18-5-3-6-19-45)52-23-15-20-47(42-52)55-28-16-29-58-57-25-11-14-33-66(57)72-68(55)58/h3-44H,1-2H3. The highest BCUT2D eigenvalue weighted by Crippen LogP contribution is 2.53. The lowest BCUT2D eigenvalue weighted by Gasteiger charge is -2.29. The van der Waals surface area contributed by atoms with Crippen LogP contribution in [0.1, 0.15) is 25.0 Å². The van der Waals surface area contributed by atoms with Gasteiger partial charge in [0.1, 0.15) is 11.2 Å². The molecule has 0 unspecified atom stereocenters. The number of aromatic nitrogens is 1. The molecule has 0 N–H and O–H groups in total. The summed E-state index contributed by atoms with van der Waals surface area (Å²) >= 11 is 0. The predicted octanol–water partition coefficient (Wildman–Crippen LogP) is 19.1. The van der Waals surface area contributed by atoms with Gasteiger partial charge in [0.15, 0.2) is 0 Å². The first-order valence-electron chi connectivity index (χ1n) is 24.9. The van der Waals surface area contributed by atoms with Gasteiger partial charge >= 0.3 is 0 Å². The predicted molar refractivity (Wildman–Crippen MR) is 302 cm³/mol. The van der Waals surface area contributed by atoms with E-state index in [0.717, 1.165) is 61.4 Å². The molecule has 0 aliphatic heterocycles. The molecule has 13 aromatic rings. The van der Waals surface area contributed by atoms with Crippen LogP contribution >= 0.6 is 0 Å². The highest BCUT2D eigenvalue weighted by atomic mass is 16.3. The summed E-state index contributed by atoms with van der Waals surface area (Å²) < 4.78 is 8.98. The summed E-state index contributed by atoms with van der Waals surface area (Å²) in [6, 6.07) is 92.8. The molecule has 2 heterocycles. The molecule has 14 rings (SSSR count). The third-order valence-corrected chi connectivity index (χ3v) is 15.2. The summed E-state index contributed by atoms with van der Waals surface area (Å²) in [5.74, 6) is 0. The number of benzene rings is 11. The molecule has 0 bridgehead atoms. The zero-order valence-electron chi connectivity index (χ0n) is 40.1. The quantitative estimate of drug-likeness (QED) is 0.151. The van der Waals surface area contributed by atoms with Crippen LogP contribution in [0.4, 0.5) is 17.1 Å². The zero-order valence-corrected chi connectivity index (χ0v) is 40.1. The molecular formula is C69H48N2O. The fourth-order valence-corrected chi connectivity index (χ4v) is 11.8. The summed E-state index contributed by atoms with van der Waals surface area (Å²) in [4.78, 5) is 2.42. The van der Waals surface area contributed by atoms with E-state index in [1.807, 2.05) is 6.07 Å². The van der Waals surface area contributed by atoms with Gasteiger partial charge in [0.2, 0.25) is 0 Å². The van der Waals surface area contributed by atoms with E-state index in [1.54, 1.807) is 0 Å². The molecule has 11 aromatic carbocycles. The van der Waals surface area contributed by atoms with Crippen molar-refractivity contribution in [2.75, 3.05) is 4.90 Å². The molecule has 0 saturated carbocycles. The van der Waals surface area contributed by atoms with E-state index in [4.69, 9.17) is 4.42 Å². The Kier molecular flexibility index (Phi) is 9.56. The van der Waals surface area contributed by atoms with Gasteiger partial charge < -0.3 is 13.9 Å². The zero-order chi connectivity index (χ0) is 47.9. The van der Waals surface area contributed by atoms with Crippen LogP contribution in [-0.4, -0.2) is 4.57 Å². The number of hydrogen-bond donors (Lipinski definition) is 0. The maximum absolute atomic E-state index is 6.58. The Hall–Kier alpha value is -9.18. The lowest BCUT2D eigenvalue weighted by atomic mass is 9.81. The Morgan fingerprint density at radius 3 is 1.82 bits per heavy atom. The molecule has 1 aliphatic carbocycles. The van der Waals surface area contributed by atoms with Crippen molar-refractivity contribution in [3.63, 3.8) is 0 Å². The van der Waals surface area contributed by atoms with Crippen LogP contribution in [0.15, 0.2) is 259 Å². The number of nitrogens with zero attached hydrogens (tertiary/aromatic N) is 2. The van der Waals surface area contributed by atoms with Crippen LogP contribution < -0.4 is 4.90 Å². The molecule has 0 atom stereocenters. The second kappa shape index (κ2) is 16.5. The Labute approximate surface area is 419 Å². The van der Waals surface area contributed by atoms with Crippen molar-refractivity contribution in [2.45, 2.75) is 19.3 Å². The van der Waals surface area contributed by atoms with Gasteiger partial charge in [-0.2, -0.15) is 0 Å². The van der Waals surface area contributed by atoms with Gasteiger partial charge in [0.25, 0.3) is 0 Å². The van der Waals surface area contributed by atoms with Gasteiger partial charge in [-0.1, -0.05) is 196 Å². The lowest BCUT2D eigenvalue weighted by Crippen LogP contribution is -2.15. The van der Waals surface area contributed by atoms with E-state index in [2.05, 4.69) is 272 Å². The largest absolute Gasteiger partial charge is 0.455 e. The molecule has 0 radical (unpaired) electrons. The Morgan fingerprint density at radius 1 is 0.361 bits per heavy atom. The minimum atomic E-state index is -0.208. The Morgan fingerprint density at radius 2 is 0.958 bits per heavy atom. The number of fused-ring (bicyclic) bond motifs is 9. The van der Waals surface area contributed by atoms with E-state index in [1.165, 1.54) is 71.9 Å². The first-order valence-corrected chi connectivity index (χ1v) is 24.9. The molecule has 340 valence electrons. The summed E-state index contributed by atoms with van der Waals surface area (Å²) in [6.07, 6.45) is 0. The molecule has 0 spiro atoms. The van der Waals surface area contributed by atoms with Gasteiger partial charge in [-0.25, -0.2) is 0 Å². The third kappa shape index (κ3) is 6.58. The lowest BCUT2D eigenvalue weighted by molar-refractivity contribution is 0.660. The highest BCUT2D eigenvalue weighted by Gasteiger charge is 2.36. The molecule has 72 heavy (non-hydrogen) atoms. The van der Waals surface area contributed by atoms with Crippen molar-refractivity contribution in [3.8, 4) is 61.3 Å². The average molecular weight is 921 g/mol. The first kappa shape index (κ1) is 41.8. The highest BCUT2D eigenvalue weighted by molar-refractivity contribution is 6.16. The van der Waals surface area contributed by atoms with E-state index in [9.17, 15) is 0 Å².